The molecule has 116 valence electrons. The number of aromatic nitrogens is 2. The van der Waals surface area contributed by atoms with Crippen LogP contribution in [0.25, 0.3) is 0 Å². The number of benzene rings is 1. The summed E-state index contributed by atoms with van der Waals surface area (Å²) in [6, 6.07) is 9.86. The van der Waals surface area contributed by atoms with E-state index in [1.54, 1.807) is 4.68 Å². The molecule has 2 aromatic rings. The highest BCUT2D eigenvalue weighted by Crippen LogP contribution is 2.14. The van der Waals surface area contributed by atoms with E-state index in [-0.39, 0.29) is 12.5 Å². The summed E-state index contributed by atoms with van der Waals surface area (Å²) < 4.78 is 1.79. The quantitative estimate of drug-likeness (QED) is 0.880. The number of nitrogens with zero attached hydrogens (tertiary/aromatic N) is 3. The molecule has 0 aliphatic rings. The smallest absolute Gasteiger partial charge is 0.323 e. The molecule has 1 aromatic carbocycles. The van der Waals surface area contributed by atoms with Crippen LogP contribution in [0.4, 0.5) is 0 Å². The van der Waals surface area contributed by atoms with E-state index in [1.165, 1.54) is 18.1 Å². The lowest BCUT2D eigenvalue weighted by Gasteiger charge is -2.15. The SMILES string of the molecule is CCc1c(C(=O)N(C)CC(=O)O)cnn1Cc1ccccc1. The second-order valence-corrected chi connectivity index (χ2v) is 5.06. The Morgan fingerprint density at radius 2 is 1.95 bits per heavy atom. The van der Waals surface area contributed by atoms with Crippen molar-refractivity contribution in [2.24, 2.45) is 0 Å². The van der Waals surface area contributed by atoms with E-state index >= 15 is 0 Å². The average Bonchev–Trinajstić information content (AvgIpc) is 2.89. The molecule has 0 radical (unpaired) electrons. The molecule has 0 bridgehead atoms. The van der Waals surface area contributed by atoms with Crippen LogP contribution in [-0.2, 0) is 17.8 Å². The fraction of sp³-hybridized carbons (Fsp3) is 0.312. The van der Waals surface area contributed by atoms with Gasteiger partial charge in [0.15, 0.2) is 0 Å². The largest absolute Gasteiger partial charge is 0.480 e. The maximum absolute atomic E-state index is 12.3. The van der Waals surface area contributed by atoms with Crippen molar-refractivity contribution >= 4 is 11.9 Å². The van der Waals surface area contributed by atoms with Gasteiger partial charge in [0.1, 0.15) is 6.54 Å². The number of carbonyl (C=O) groups excluding carboxylic acids is 1. The fourth-order valence-electron chi connectivity index (χ4n) is 2.34. The molecule has 0 unspecified atom stereocenters. The van der Waals surface area contributed by atoms with Crippen LogP contribution in [0.3, 0.4) is 0 Å². The Morgan fingerprint density at radius 1 is 1.27 bits per heavy atom. The standard InChI is InChI=1S/C16H19N3O3/c1-3-14-13(16(22)18(2)11-15(20)21)9-17-19(14)10-12-7-5-4-6-8-12/h4-9H,3,10-11H2,1-2H3,(H,20,21). The second kappa shape index (κ2) is 6.89. The van der Waals surface area contributed by atoms with Gasteiger partial charge in [0.25, 0.3) is 5.91 Å². The van der Waals surface area contributed by atoms with Crippen LogP contribution < -0.4 is 0 Å². The van der Waals surface area contributed by atoms with Crippen LogP contribution >= 0.6 is 0 Å². The van der Waals surface area contributed by atoms with E-state index in [4.69, 9.17) is 5.11 Å². The zero-order valence-electron chi connectivity index (χ0n) is 12.7. The second-order valence-electron chi connectivity index (χ2n) is 5.06. The van der Waals surface area contributed by atoms with Gasteiger partial charge in [-0.2, -0.15) is 5.10 Å². The maximum atomic E-state index is 12.3. The Hall–Kier alpha value is -2.63. The lowest BCUT2D eigenvalue weighted by atomic mass is 10.1. The number of carbonyl (C=O) groups is 2. The summed E-state index contributed by atoms with van der Waals surface area (Å²) in [6.07, 6.45) is 2.16. The molecule has 6 heteroatoms. The Labute approximate surface area is 129 Å². The van der Waals surface area contributed by atoms with Gasteiger partial charge in [0.2, 0.25) is 0 Å². The van der Waals surface area contributed by atoms with Crippen molar-refractivity contribution in [3.05, 3.63) is 53.3 Å². The molecule has 0 fully saturated rings. The molecular formula is C16H19N3O3. The van der Waals surface area contributed by atoms with Crippen LogP contribution in [0.15, 0.2) is 36.5 Å². The van der Waals surface area contributed by atoms with E-state index in [2.05, 4.69) is 5.10 Å². The van der Waals surface area contributed by atoms with Crippen LogP contribution in [-0.4, -0.2) is 45.3 Å². The lowest BCUT2D eigenvalue weighted by molar-refractivity contribution is -0.137. The van der Waals surface area contributed by atoms with Gasteiger partial charge in [0.05, 0.1) is 24.0 Å². The minimum Gasteiger partial charge on any atom is -0.480 e. The van der Waals surface area contributed by atoms with E-state index in [0.29, 0.717) is 18.5 Å². The van der Waals surface area contributed by atoms with Gasteiger partial charge < -0.3 is 10.0 Å². The number of carboxylic acids is 1. The molecular weight excluding hydrogens is 282 g/mol. The zero-order chi connectivity index (χ0) is 16.1. The van der Waals surface area contributed by atoms with Gasteiger partial charge in [0, 0.05) is 7.05 Å². The molecule has 0 saturated carbocycles. The van der Waals surface area contributed by atoms with Gasteiger partial charge in [-0.25, -0.2) is 0 Å². The monoisotopic (exact) mass is 301 g/mol. The molecule has 0 aliphatic heterocycles. The minimum atomic E-state index is -1.04. The molecule has 0 saturated heterocycles. The molecule has 1 amide bonds. The topological polar surface area (TPSA) is 75.4 Å². The van der Waals surface area contributed by atoms with Crippen LogP contribution in [0, 0.1) is 0 Å². The summed E-state index contributed by atoms with van der Waals surface area (Å²) in [6.45, 7) is 2.21. The third kappa shape index (κ3) is 3.52. The summed E-state index contributed by atoms with van der Waals surface area (Å²) in [5.74, 6) is -1.36. The van der Waals surface area contributed by atoms with Crippen molar-refractivity contribution in [3.8, 4) is 0 Å². The maximum Gasteiger partial charge on any atom is 0.323 e. The first-order valence-electron chi connectivity index (χ1n) is 7.08. The summed E-state index contributed by atoms with van der Waals surface area (Å²) >= 11 is 0. The highest BCUT2D eigenvalue weighted by Gasteiger charge is 2.20. The van der Waals surface area contributed by atoms with Crippen LogP contribution in [0.2, 0.25) is 0 Å². The Balaban J connectivity index is 2.24. The fourth-order valence-corrected chi connectivity index (χ4v) is 2.34. The Morgan fingerprint density at radius 3 is 2.55 bits per heavy atom. The predicted octanol–water partition coefficient (Wildman–Crippen LogP) is 1.65. The van der Waals surface area contributed by atoms with Crippen molar-refractivity contribution in [3.63, 3.8) is 0 Å². The first-order chi connectivity index (χ1) is 10.5. The molecule has 1 heterocycles. The number of hydrogen-bond donors (Lipinski definition) is 1. The number of aliphatic carboxylic acids is 1. The Kier molecular flexibility index (Phi) is 4.93. The molecule has 1 aromatic heterocycles. The number of likely N-dealkylation sites (N-methyl/N-ethyl adjacent to an activating group) is 1. The average molecular weight is 301 g/mol. The molecule has 1 N–H and O–H groups in total. The van der Waals surface area contributed by atoms with Crippen molar-refractivity contribution < 1.29 is 14.7 Å². The zero-order valence-corrected chi connectivity index (χ0v) is 12.7. The van der Waals surface area contributed by atoms with Gasteiger partial charge >= 0.3 is 5.97 Å². The normalized spacial score (nSPS) is 10.5. The van der Waals surface area contributed by atoms with E-state index < -0.39 is 5.97 Å². The predicted molar refractivity (Wildman–Crippen MR) is 81.7 cm³/mol. The molecule has 6 nitrogen and oxygen atoms in total. The van der Waals surface area contributed by atoms with Crippen molar-refractivity contribution in [2.75, 3.05) is 13.6 Å². The third-order valence-corrected chi connectivity index (χ3v) is 3.41. The van der Waals surface area contributed by atoms with Gasteiger partial charge in [-0.1, -0.05) is 37.3 Å². The van der Waals surface area contributed by atoms with Crippen molar-refractivity contribution in [1.29, 1.82) is 0 Å². The van der Waals surface area contributed by atoms with Gasteiger partial charge in [-0.15, -0.1) is 0 Å². The summed E-state index contributed by atoms with van der Waals surface area (Å²) in [5, 5.41) is 13.1. The molecule has 0 aliphatic carbocycles. The van der Waals surface area contributed by atoms with E-state index in [9.17, 15) is 9.59 Å². The molecule has 2 rings (SSSR count). The Bertz CT molecular complexity index is 665. The summed E-state index contributed by atoms with van der Waals surface area (Å²) in [5.41, 5.74) is 2.37. The van der Waals surface area contributed by atoms with Crippen molar-refractivity contribution in [2.45, 2.75) is 19.9 Å². The minimum absolute atomic E-state index is 0.321. The van der Waals surface area contributed by atoms with Crippen LogP contribution in [0.1, 0.15) is 28.5 Å². The van der Waals surface area contributed by atoms with E-state index in [1.807, 2.05) is 37.3 Å². The van der Waals surface area contributed by atoms with Crippen molar-refractivity contribution in [1.82, 2.24) is 14.7 Å². The highest BCUT2D eigenvalue weighted by atomic mass is 16.4. The van der Waals surface area contributed by atoms with Gasteiger partial charge in [-0.3, -0.25) is 14.3 Å². The third-order valence-electron chi connectivity index (χ3n) is 3.41. The molecule has 0 spiro atoms. The van der Waals surface area contributed by atoms with Crippen LogP contribution in [0.5, 0.6) is 0 Å². The number of carboxylic acid groups (broad SMARTS) is 1. The lowest BCUT2D eigenvalue weighted by Crippen LogP contribution is -2.32. The first kappa shape index (κ1) is 15.8. The summed E-state index contributed by atoms with van der Waals surface area (Å²) in [7, 11) is 1.48. The first-order valence-corrected chi connectivity index (χ1v) is 7.08. The van der Waals surface area contributed by atoms with Gasteiger partial charge in [-0.05, 0) is 12.0 Å². The summed E-state index contributed by atoms with van der Waals surface area (Å²) in [4.78, 5) is 24.3. The van der Waals surface area contributed by atoms with E-state index in [0.717, 1.165) is 11.3 Å². The molecule has 0 atom stereocenters. The number of amides is 1. The number of hydrogen-bond acceptors (Lipinski definition) is 3. The highest BCUT2D eigenvalue weighted by molar-refractivity contribution is 5.96. The number of rotatable bonds is 6. The molecule has 22 heavy (non-hydrogen) atoms.